The average Bonchev–Trinajstić information content (AvgIpc) is 3.03. The summed E-state index contributed by atoms with van der Waals surface area (Å²) in [4.78, 5) is 43.7. The molecule has 3 rings (SSSR count). The maximum atomic E-state index is 12.9. The van der Waals surface area contributed by atoms with Crippen LogP contribution in [-0.2, 0) is 16.1 Å². The molecule has 0 bridgehead atoms. The van der Waals surface area contributed by atoms with Crippen molar-refractivity contribution in [1.82, 2.24) is 9.55 Å². The zero-order valence-corrected chi connectivity index (χ0v) is 17.5. The lowest BCUT2D eigenvalue weighted by molar-refractivity contribution is -0.140. The van der Waals surface area contributed by atoms with E-state index in [0.717, 1.165) is 9.75 Å². The Kier molecular flexibility index (Phi) is 6.31. The number of Topliss-reactive ketones (excluding diaryl/α,β-unsaturated/α-hetero) is 1. The quantitative estimate of drug-likeness (QED) is 0.253. The van der Waals surface area contributed by atoms with Crippen molar-refractivity contribution in [2.24, 2.45) is 0 Å². The molecule has 0 aliphatic rings. The van der Waals surface area contributed by atoms with E-state index in [0.29, 0.717) is 21.6 Å². The summed E-state index contributed by atoms with van der Waals surface area (Å²) in [5, 5.41) is 0.901. The number of benzene rings is 1. The van der Waals surface area contributed by atoms with Crippen LogP contribution in [0.2, 0.25) is 0 Å². The van der Waals surface area contributed by atoms with Crippen molar-refractivity contribution in [3.05, 3.63) is 56.0 Å². The van der Waals surface area contributed by atoms with E-state index in [4.69, 9.17) is 0 Å². The van der Waals surface area contributed by atoms with Crippen LogP contribution in [0.1, 0.15) is 26.5 Å². The number of fused-ring (bicyclic) bond motifs is 1. The molecule has 0 radical (unpaired) electrons. The highest BCUT2D eigenvalue weighted by molar-refractivity contribution is 7.99. The second kappa shape index (κ2) is 8.70. The van der Waals surface area contributed by atoms with Crippen molar-refractivity contribution in [1.29, 1.82) is 0 Å². The highest BCUT2D eigenvalue weighted by atomic mass is 32.2. The van der Waals surface area contributed by atoms with E-state index in [1.54, 1.807) is 29.5 Å². The van der Waals surface area contributed by atoms with Crippen molar-refractivity contribution in [2.75, 3.05) is 12.9 Å². The molecule has 28 heavy (non-hydrogen) atoms. The van der Waals surface area contributed by atoms with Gasteiger partial charge >= 0.3 is 5.97 Å². The number of esters is 1. The molecule has 6 nitrogen and oxygen atoms in total. The largest absolute Gasteiger partial charge is 0.469 e. The van der Waals surface area contributed by atoms with Crippen LogP contribution in [0.5, 0.6) is 0 Å². The number of nitrogens with zero attached hydrogens (tertiary/aromatic N) is 2. The van der Waals surface area contributed by atoms with Crippen LogP contribution in [0.4, 0.5) is 0 Å². The number of aromatic nitrogens is 2. The zero-order chi connectivity index (χ0) is 20.3. The van der Waals surface area contributed by atoms with Crippen molar-refractivity contribution in [3.63, 3.8) is 0 Å². The Labute approximate surface area is 170 Å². The van der Waals surface area contributed by atoms with Gasteiger partial charge in [0.2, 0.25) is 0 Å². The minimum Gasteiger partial charge on any atom is -0.469 e. The highest BCUT2D eigenvalue weighted by Crippen LogP contribution is 2.24. The molecule has 2 aromatic heterocycles. The number of carbonyl (C=O) groups excluding carboxylic acids is 2. The number of ether oxygens (including phenoxy) is 1. The van der Waals surface area contributed by atoms with Crippen LogP contribution in [0, 0.1) is 13.8 Å². The number of methoxy groups -OCH3 is 1. The fourth-order valence-electron chi connectivity index (χ4n) is 2.88. The SMILES string of the molecule is COC(=O)CCn1c(SCC(=O)c2cc(C)sc2C)nc2ccccc2c1=O. The van der Waals surface area contributed by atoms with Gasteiger partial charge in [-0.3, -0.25) is 19.0 Å². The van der Waals surface area contributed by atoms with Gasteiger partial charge in [-0.1, -0.05) is 23.9 Å². The Morgan fingerprint density at radius 2 is 2.00 bits per heavy atom. The summed E-state index contributed by atoms with van der Waals surface area (Å²) in [5.41, 5.74) is 1.05. The molecular formula is C20H20N2O4S2. The number of para-hydroxylation sites is 1. The molecule has 1 aromatic carbocycles. The molecule has 0 spiro atoms. The first-order chi connectivity index (χ1) is 13.4. The van der Waals surface area contributed by atoms with Gasteiger partial charge in [0, 0.05) is 21.9 Å². The molecule has 0 saturated heterocycles. The van der Waals surface area contributed by atoms with E-state index in [9.17, 15) is 14.4 Å². The third-order valence-electron chi connectivity index (χ3n) is 4.27. The van der Waals surface area contributed by atoms with Gasteiger partial charge in [0.15, 0.2) is 10.9 Å². The maximum absolute atomic E-state index is 12.9. The van der Waals surface area contributed by atoms with Gasteiger partial charge in [-0.2, -0.15) is 0 Å². The van der Waals surface area contributed by atoms with E-state index in [-0.39, 0.29) is 30.1 Å². The molecule has 8 heteroatoms. The first-order valence-electron chi connectivity index (χ1n) is 8.70. The van der Waals surface area contributed by atoms with Crippen LogP contribution in [0.3, 0.4) is 0 Å². The standard InChI is InChI=1S/C20H20N2O4S2/c1-12-10-15(13(2)28-12)17(23)11-27-20-21-16-7-5-4-6-14(16)19(25)22(20)9-8-18(24)26-3/h4-7,10H,8-9,11H2,1-3H3. The summed E-state index contributed by atoms with van der Waals surface area (Å²) in [5.74, 6) is -0.245. The molecule has 0 fully saturated rings. The minimum absolute atomic E-state index is 0.00576. The van der Waals surface area contributed by atoms with Gasteiger partial charge in [-0.25, -0.2) is 4.98 Å². The van der Waals surface area contributed by atoms with Crippen LogP contribution >= 0.6 is 23.1 Å². The van der Waals surface area contributed by atoms with E-state index in [1.807, 2.05) is 26.0 Å². The third-order valence-corrected chi connectivity index (χ3v) is 6.21. The molecule has 0 aliphatic carbocycles. The van der Waals surface area contributed by atoms with E-state index in [2.05, 4.69) is 9.72 Å². The Hall–Kier alpha value is -2.45. The first-order valence-corrected chi connectivity index (χ1v) is 10.5. The highest BCUT2D eigenvalue weighted by Gasteiger charge is 2.17. The summed E-state index contributed by atoms with van der Waals surface area (Å²) in [6.07, 6.45) is 0.0563. The molecule has 0 atom stereocenters. The summed E-state index contributed by atoms with van der Waals surface area (Å²) >= 11 is 2.80. The number of aryl methyl sites for hydroxylation is 2. The number of hydrogen-bond acceptors (Lipinski definition) is 7. The Balaban J connectivity index is 1.91. The summed E-state index contributed by atoms with van der Waals surface area (Å²) in [7, 11) is 1.31. The normalized spacial score (nSPS) is 11.0. The number of hydrogen-bond donors (Lipinski definition) is 0. The molecule has 0 amide bonds. The molecule has 146 valence electrons. The van der Waals surface area contributed by atoms with E-state index < -0.39 is 5.97 Å². The number of thiophene rings is 1. The molecule has 0 aliphatic heterocycles. The second-order valence-electron chi connectivity index (χ2n) is 6.23. The smallest absolute Gasteiger partial charge is 0.307 e. The predicted molar refractivity (Wildman–Crippen MR) is 111 cm³/mol. The fraction of sp³-hybridized carbons (Fsp3) is 0.300. The first kappa shape index (κ1) is 20.3. The van der Waals surface area contributed by atoms with Gasteiger partial charge in [0.1, 0.15) is 0 Å². The third kappa shape index (κ3) is 4.34. The molecule has 0 N–H and O–H groups in total. The molecule has 3 aromatic rings. The fourth-order valence-corrected chi connectivity index (χ4v) is 4.73. The molecule has 0 unspecified atom stereocenters. The average molecular weight is 417 g/mol. The Morgan fingerprint density at radius 3 is 2.68 bits per heavy atom. The molecule has 2 heterocycles. The number of ketones is 1. The van der Waals surface area contributed by atoms with Gasteiger partial charge in [0.05, 0.1) is 30.2 Å². The maximum Gasteiger partial charge on any atom is 0.307 e. The van der Waals surface area contributed by atoms with Crippen molar-refractivity contribution in [2.45, 2.75) is 32.0 Å². The lowest BCUT2D eigenvalue weighted by Crippen LogP contribution is -2.25. The molecular weight excluding hydrogens is 396 g/mol. The molecule has 0 saturated carbocycles. The number of carbonyl (C=O) groups is 2. The topological polar surface area (TPSA) is 78.3 Å². The number of thioether (sulfide) groups is 1. The van der Waals surface area contributed by atoms with Crippen molar-refractivity contribution < 1.29 is 14.3 Å². The van der Waals surface area contributed by atoms with Gasteiger partial charge < -0.3 is 4.74 Å². The second-order valence-corrected chi connectivity index (χ2v) is 8.64. The lowest BCUT2D eigenvalue weighted by atomic mass is 10.2. The number of rotatable bonds is 7. The van der Waals surface area contributed by atoms with Gasteiger partial charge in [0.25, 0.3) is 5.56 Å². The Morgan fingerprint density at radius 1 is 1.25 bits per heavy atom. The Bertz CT molecular complexity index is 1100. The van der Waals surface area contributed by atoms with Gasteiger partial charge in [-0.05, 0) is 32.0 Å². The van der Waals surface area contributed by atoms with Crippen LogP contribution < -0.4 is 5.56 Å². The van der Waals surface area contributed by atoms with Crippen molar-refractivity contribution >= 4 is 45.8 Å². The zero-order valence-electron chi connectivity index (χ0n) is 15.9. The van der Waals surface area contributed by atoms with Crippen LogP contribution in [0.15, 0.2) is 40.3 Å². The van der Waals surface area contributed by atoms with Gasteiger partial charge in [-0.15, -0.1) is 11.3 Å². The summed E-state index contributed by atoms with van der Waals surface area (Å²) in [6, 6.07) is 8.94. The monoisotopic (exact) mass is 416 g/mol. The predicted octanol–water partition coefficient (Wildman–Crippen LogP) is 3.61. The van der Waals surface area contributed by atoms with Crippen LogP contribution in [-0.4, -0.2) is 34.2 Å². The lowest BCUT2D eigenvalue weighted by Gasteiger charge is -2.12. The summed E-state index contributed by atoms with van der Waals surface area (Å²) in [6.45, 7) is 4.05. The van der Waals surface area contributed by atoms with Crippen LogP contribution in [0.25, 0.3) is 10.9 Å². The van der Waals surface area contributed by atoms with Crippen molar-refractivity contribution in [3.8, 4) is 0 Å². The van der Waals surface area contributed by atoms with E-state index >= 15 is 0 Å². The summed E-state index contributed by atoms with van der Waals surface area (Å²) < 4.78 is 6.12. The minimum atomic E-state index is -0.406. The van der Waals surface area contributed by atoms with E-state index in [1.165, 1.54) is 23.4 Å².